The lowest BCUT2D eigenvalue weighted by molar-refractivity contribution is 0.228. The van der Waals surface area contributed by atoms with E-state index in [1.54, 1.807) is 0 Å². The van der Waals surface area contributed by atoms with E-state index in [0.717, 1.165) is 5.56 Å². The molecule has 2 nitrogen and oxygen atoms in total. The second-order valence-corrected chi connectivity index (χ2v) is 3.56. The maximum atomic E-state index is 13.0. The summed E-state index contributed by atoms with van der Waals surface area (Å²) in [6.07, 6.45) is -0.118. The van der Waals surface area contributed by atoms with E-state index in [4.69, 9.17) is 22.1 Å². The quantitative estimate of drug-likeness (QED) is 0.699. The standard InChI is InChI=1S/C9H9ClFNO/c1-4-9(12)5-2-6(10)7(11)3-8(5)13-4/h2-4,9H,12H2,1H3. The molecule has 0 bridgehead atoms. The Morgan fingerprint density at radius 1 is 1.54 bits per heavy atom. The van der Waals surface area contributed by atoms with Crippen LogP contribution in [-0.2, 0) is 0 Å². The van der Waals surface area contributed by atoms with E-state index < -0.39 is 5.82 Å². The van der Waals surface area contributed by atoms with E-state index in [-0.39, 0.29) is 17.2 Å². The van der Waals surface area contributed by atoms with Crippen molar-refractivity contribution < 1.29 is 9.13 Å². The van der Waals surface area contributed by atoms with Gasteiger partial charge in [0, 0.05) is 11.6 Å². The predicted octanol–water partition coefficient (Wildman–Crippen LogP) is 2.26. The Balaban J connectivity index is 2.53. The summed E-state index contributed by atoms with van der Waals surface area (Å²) in [5.74, 6) is 0.0311. The molecule has 1 heterocycles. The molecule has 0 aromatic heterocycles. The molecule has 4 heteroatoms. The first-order valence-electron chi connectivity index (χ1n) is 4.01. The number of benzene rings is 1. The monoisotopic (exact) mass is 201 g/mol. The third-order valence-electron chi connectivity index (χ3n) is 2.23. The van der Waals surface area contributed by atoms with Gasteiger partial charge in [-0.25, -0.2) is 4.39 Å². The van der Waals surface area contributed by atoms with Crippen LogP contribution in [0.5, 0.6) is 5.75 Å². The minimum atomic E-state index is -0.471. The fraction of sp³-hybridized carbons (Fsp3) is 0.333. The van der Waals surface area contributed by atoms with E-state index in [1.165, 1.54) is 12.1 Å². The van der Waals surface area contributed by atoms with Crippen molar-refractivity contribution in [3.05, 3.63) is 28.5 Å². The number of hydrogen-bond donors (Lipinski definition) is 1. The second-order valence-electron chi connectivity index (χ2n) is 3.15. The van der Waals surface area contributed by atoms with Crippen LogP contribution in [-0.4, -0.2) is 6.10 Å². The first-order valence-corrected chi connectivity index (χ1v) is 4.38. The molecule has 0 saturated carbocycles. The number of hydrogen-bond acceptors (Lipinski definition) is 2. The maximum absolute atomic E-state index is 13.0. The van der Waals surface area contributed by atoms with Gasteiger partial charge in [0.05, 0.1) is 11.1 Å². The molecule has 1 aliphatic heterocycles. The molecule has 2 N–H and O–H groups in total. The summed E-state index contributed by atoms with van der Waals surface area (Å²) >= 11 is 5.62. The smallest absolute Gasteiger partial charge is 0.145 e. The summed E-state index contributed by atoms with van der Waals surface area (Å²) < 4.78 is 18.3. The maximum Gasteiger partial charge on any atom is 0.145 e. The lowest BCUT2D eigenvalue weighted by atomic mass is 10.1. The molecule has 2 atom stereocenters. The van der Waals surface area contributed by atoms with Crippen LogP contribution < -0.4 is 10.5 Å². The van der Waals surface area contributed by atoms with Gasteiger partial charge in [-0.15, -0.1) is 0 Å². The molecule has 0 spiro atoms. The van der Waals surface area contributed by atoms with Gasteiger partial charge in [-0.3, -0.25) is 0 Å². The summed E-state index contributed by atoms with van der Waals surface area (Å²) in [7, 11) is 0. The van der Waals surface area contributed by atoms with Crippen LogP contribution in [0, 0.1) is 5.82 Å². The molecule has 0 fully saturated rings. The Morgan fingerprint density at radius 3 is 2.92 bits per heavy atom. The highest BCUT2D eigenvalue weighted by molar-refractivity contribution is 6.30. The van der Waals surface area contributed by atoms with Crippen LogP contribution in [0.3, 0.4) is 0 Å². The van der Waals surface area contributed by atoms with E-state index in [2.05, 4.69) is 0 Å². The van der Waals surface area contributed by atoms with Gasteiger partial charge < -0.3 is 10.5 Å². The summed E-state index contributed by atoms with van der Waals surface area (Å²) in [5, 5.41) is 0.0897. The predicted molar refractivity (Wildman–Crippen MR) is 48.4 cm³/mol. The number of nitrogens with two attached hydrogens (primary N) is 1. The van der Waals surface area contributed by atoms with Gasteiger partial charge in [-0.2, -0.15) is 0 Å². The van der Waals surface area contributed by atoms with Gasteiger partial charge in [-0.05, 0) is 13.0 Å². The SMILES string of the molecule is CC1Oc2cc(F)c(Cl)cc2C1N. The molecule has 13 heavy (non-hydrogen) atoms. The van der Waals surface area contributed by atoms with Crippen molar-refractivity contribution in [3.8, 4) is 5.75 Å². The average molecular weight is 202 g/mol. The Morgan fingerprint density at radius 2 is 2.23 bits per heavy atom. The van der Waals surface area contributed by atoms with Crippen LogP contribution in [0.2, 0.25) is 5.02 Å². The van der Waals surface area contributed by atoms with Crippen molar-refractivity contribution >= 4 is 11.6 Å². The Kier molecular flexibility index (Phi) is 1.93. The van der Waals surface area contributed by atoms with E-state index in [0.29, 0.717) is 5.75 Å². The summed E-state index contributed by atoms with van der Waals surface area (Å²) in [5.41, 5.74) is 6.58. The molecule has 70 valence electrons. The number of rotatable bonds is 0. The third kappa shape index (κ3) is 1.28. The molecule has 2 unspecified atom stereocenters. The van der Waals surface area contributed by atoms with Gasteiger partial charge in [-0.1, -0.05) is 11.6 Å². The van der Waals surface area contributed by atoms with E-state index in [1.807, 2.05) is 6.92 Å². The van der Waals surface area contributed by atoms with Gasteiger partial charge >= 0.3 is 0 Å². The fourth-order valence-corrected chi connectivity index (χ4v) is 1.61. The highest BCUT2D eigenvalue weighted by Gasteiger charge is 2.29. The van der Waals surface area contributed by atoms with Crippen molar-refractivity contribution in [1.29, 1.82) is 0 Å². The number of fused-ring (bicyclic) bond motifs is 1. The second kappa shape index (κ2) is 2.86. The van der Waals surface area contributed by atoms with Gasteiger partial charge in [0.15, 0.2) is 0 Å². The van der Waals surface area contributed by atoms with Gasteiger partial charge in [0.25, 0.3) is 0 Å². The van der Waals surface area contributed by atoms with E-state index >= 15 is 0 Å². The Labute approximate surface area is 80.4 Å². The highest BCUT2D eigenvalue weighted by atomic mass is 35.5. The number of ether oxygens (including phenoxy) is 1. The molecular formula is C9H9ClFNO. The Hall–Kier alpha value is -0.800. The molecule has 1 aliphatic rings. The first kappa shape index (κ1) is 8.78. The molecule has 2 rings (SSSR count). The summed E-state index contributed by atoms with van der Waals surface area (Å²) in [6, 6.07) is 2.59. The molecule has 1 aromatic rings. The first-order chi connectivity index (χ1) is 6.09. The van der Waals surface area contributed by atoms with Crippen molar-refractivity contribution in [2.24, 2.45) is 5.73 Å². The number of halogens is 2. The molecule has 1 aromatic carbocycles. The third-order valence-corrected chi connectivity index (χ3v) is 2.52. The van der Waals surface area contributed by atoms with Crippen molar-refractivity contribution in [3.63, 3.8) is 0 Å². The molecule has 0 aliphatic carbocycles. The highest BCUT2D eigenvalue weighted by Crippen LogP contribution is 2.37. The summed E-state index contributed by atoms with van der Waals surface area (Å²) in [6.45, 7) is 1.84. The van der Waals surface area contributed by atoms with Crippen LogP contribution in [0.25, 0.3) is 0 Å². The van der Waals surface area contributed by atoms with Gasteiger partial charge in [0.1, 0.15) is 17.7 Å². The lowest BCUT2D eigenvalue weighted by Gasteiger charge is -2.07. The largest absolute Gasteiger partial charge is 0.488 e. The van der Waals surface area contributed by atoms with Crippen LogP contribution in [0.4, 0.5) is 4.39 Å². The van der Waals surface area contributed by atoms with Gasteiger partial charge in [0.2, 0.25) is 0 Å². The van der Waals surface area contributed by atoms with Crippen LogP contribution in [0.15, 0.2) is 12.1 Å². The molecular weight excluding hydrogens is 193 g/mol. The van der Waals surface area contributed by atoms with Crippen LogP contribution >= 0.6 is 11.6 Å². The molecule has 0 amide bonds. The van der Waals surface area contributed by atoms with E-state index in [9.17, 15) is 4.39 Å². The normalized spacial score (nSPS) is 25.5. The van der Waals surface area contributed by atoms with Crippen molar-refractivity contribution in [2.45, 2.75) is 19.1 Å². The van der Waals surface area contributed by atoms with Crippen molar-refractivity contribution in [2.75, 3.05) is 0 Å². The zero-order chi connectivity index (χ0) is 9.59. The fourth-order valence-electron chi connectivity index (χ4n) is 1.43. The zero-order valence-corrected chi connectivity index (χ0v) is 7.81. The summed E-state index contributed by atoms with van der Waals surface area (Å²) in [4.78, 5) is 0. The minimum Gasteiger partial charge on any atom is -0.488 e. The molecule has 0 radical (unpaired) electrons. The topological polar surface area (TPSA) is 35.2 Å². The van der Waals surface area contributed by atoms with Crippen molar-refractivity contribution in [1.82, 2.24) is 0 Å². The minimum absolute atomic E-state index is 0.0897. The average Bonchev–Trinajstić information content (AvgIpc) is 2.32. The molecule has 0 saturated heterocycles. The van der Waals surface area contributed by atoms with Crippen LogP contribution in [0.1, 0.15) is 18.5 Å². The lowest BCUT2D eigenvalue weighted by Crippen LogP contribution is -2.21. The Bertz CT molecular complexity index is 356. The zero-order valence-electron chi connectivity index (χ0n) is 7.05.